The lowest BCUT2D eigenvalue weighted by atomic mass is 9.76. The molecule has 0 spiro atoms. The summed E-state index contributed by atoms with van der Waals surface area (Å²) < 4.78 is 13.1. The van der Waals surface area contributed by atoms with Gasteiger partial charge < -0.3 is 0 Å². The quantitative estimate of drug-likeness (QED) is 0.321. The number of hydrogen-bond acceptors (Lipinski definition) is 1. The molecule has 2 aliphatic rings. The average Bonchev–Trinajstić information content (AvgIpc) is 2.78. The Labute approximate surface area is 177 Å². The molecule has 2 heteroatoms. The highest BCUT2D eigenvalue weighted by Gasteiger charge is 2.23. The van der Waals surface area contributed by atoms with Gasteiger partial charge in [-0.25, -0.2) is 0 Å². The van der Waals surface area contributed by atoms with Crippen molar-refractivity contribution >= 4 is 0 Å². The lowest BCUT2D eigenvalue weighted by molar-refractivity contribution is 0.272. The van der Waals surface area contributed by atoms with Gasteiger partial charge in [0.05, 0.1) is 0 Å². The molecule has 0 unspecified atom stereocenters. The maximum absolute atomic E-state index is 13.1. The van der Waals surface area contributed by atoms with Gasteiger partial charge in [0.2, 0.25) is 0 Å². The molecule has 0 radical (unpaired) electrons. The molecule has 0 heterocycles. The number of aryl methyl sites for hydroxylation is 1. The highest BCUT2D eigenvalue weighted by atomic mass is 19.1. The molecule has 0 N–H and O–H groups in total. The monoisotopic (exact) mass is 395 g/mol. The predicted octanol–water partition coefficient (Wildman–Crippen LogP) is 8.27. The zero-order valence-electron chi connectivity index (χ0n) is 18.2. The van der Waals surface area contributed by atoms with Crippen LogP contribution in [0.2, 0.25) is 0 Å². The molecular formula is C27H38FN. The summed E-state index contributed by atoms with van der Waals surface area (Å²) >= 11 is 0. The third kappa shape index (κ3) is 6.98. The van der Waals surface area contributed by atoms with Gasteiger partial charge in [0.15, 0.2) is 5.83 Å². The first-order valence-electron chi connectivity index (χ1n) is 12.0. The van der Waals surface area contributed by atoms with Crippen molar-refractivity contribution in [2.45, 2.75) is 96.3 Å². The summed E-state index contributed by atoms with van der Waals surface area (Å²) in [6.07, 6.45) is 18.2. The van der Waals surface area contributed by atoms with Crippen LogP contribution in [0.5, 0.6) is 0 Å². The second kappa shape index (κ2) is 11.5. The Hall–Kier alpha value is -1.62. The van der Waals surface area contributed by atoms with E-state index in [-0.39, 0.29) is 0 Å². The molecule has 0 atom stereocenters. The van der Waals surface area contributed by atoms with Gasteiger partial charge in [0.1, 0.15) is 6.07 Å². The van der Waals surface area contributed by atoms with Crippen LogP contribution in [0.15, 0.2) is 36.2 Å². The Morgan fingerprint density at radius 1 is 0.931 bits per heavy atom. The number of nitrogens with zero attached hydrogens (tertiary/aromatic N) is 1. The summed E-state index contributed by atoms with van der Waals surface area (Å²) in [5, 5.41) is 8.57. The summed E-state index contributed by atoms with van der Waals surface area (Å²) in [4.78, 5) is 0. The minimum Gasteiger partial charge on any atom is -0.195 e. The Morgan fingerprint density at radius 2 is 1.48 bits per heavy atom. The van der Waals surface area contributed by atoms with Crippen LogP contribution in [-0.4, -0.2) is 0 Å². The largest absolute Gasteiger partial charge is 0.196 e. The zero-order valence-corrected chi connectivity index (χ0v) is 18.2. The summed E-state index contributed by atoms with van der Waals surface area (Å²) in [7, 11) is 0. The van der Waals surface area contributed by atoms with Crippen LogP contribution in [0, 0.1) is 29.1 Å². The molecule has 3 rings (SSSR count). The van der Waals surface area contributed by atoms with Crippen LogP contribution in [0.1, 0.15) is 101 Å². The number of rotatable bonds is 8. The van der Waals surface area contributed by atoms with E-state index in [1.54, 1.807) is 17.7 Å². The summed E-state index contributed by atoms with van der Waals surface area (Å²) in [6.45, 7) is 2.22. The smallest absolute Gasteiger partial charge is 0.195 e. The highest BCUT2D eigenvalue weighted by molar-refractivity contribution is 5.25. The van der Waals surface area contributed by atoms with Crippen LogP contribution in [0.3, 0.4) is 0 Å². The first-order valence-corrected chi connectivity index (χ1v) is 12.0. The molecule has 0 amide bonds. The third-order valence-electron chi connectivity index (χ3n) is 7.56. The Kier molecular flexibility index (Phi) is 8.78. The fourth-order valence-corrected chi connectivity index (χ4v) is 5.56. The number of hydrogen-bond donors (Lipinski definition) is 0. The van der Waals surface area contributed by atoms with Crippen molar-refractivity contribution in [3.05, 3.63) is 47.3 Å². The standard InChI is InChI=1S/C27H38FN/c1-2-21-11-15-25(16-12-21)26-17-13-23(14-18-26)6-4-3-5-22-7-9-24(10-8-22)19-27(28)20-29/h11-12,15-16,19,22-24,26H,2-10,13-14,17-18H2,1H3/t22-,23-,24-,26-. The van der Waals surface area contributed by atoms with Gasteiger partial charge >= 0.3 is 0 Å². The lowest BCUT2D eigenvalue weighted by Gasteiger charge is -2.29. The summed E-state index contributed by atoms with van der Waals surface area (Å²) in [5.74, 6) is 2.25. The van der Waals surface area contributed by atoms with E-state index in [1.807, 2.05) is 0 Å². The van der Waals surface area contributed by atoms with Gasteiger partial charge in [0.25, 0.3) is 0 Å². The SMILES string of the molecule is CCc1ccc([C@H]2CC[C@H](CCCC[C@H]3CC[C@H](C=C(F)C#N)CC3)CC2)cc1. The molecule has 1 nitrogen and oxygen atoms in total. The van der Waals surface area contributed by atoms with Crippen molar-refractivity contribution in [3.8, 4) is 6.07 Å². The molecule has 29 heavy (non-hydrogen) atoms. The van der Waals surface area contributed by atoms with E-state index in [2.05, 4.69) is 31.2 Å². The van der Waals surface area contributed by atoms with Crippen LogP contribution in [0.4, 0.5) is 4.39 Å². The molecule has 0 aliphatic heterocycles. The maximum atomic E-state index is 13.1. The zero-order chi connectivity index (χ0) is 20.5. The van der Waals surface area contributed by atoms with Gasteiger partial charge in [-0.05, 0) is 98.7 Å². The molecule has 2 aliphatic carbocycles. The van der Waals surface area contributed by atoms with Gasteiger partial charge in [-0.1, -0.05) is 56.9 Å². The summed E-state index contributed by atoms with van der Waals surface area (Å²) in [5.41, 5.74) is 3.00. The van der Waals surface area contributed by atoms with Gasteiger partial charge in [-0.2, -0.15) is 9.65 Å². The number of nitriles is 1. The molecule has 1 aromatic rings. The van der Waals surface area contributed by atoms with E-state index in [1.165, 1.54) is 69.8 Å². The number of unbranched alkanes of at least 4 members (excludes halogenated alkanes) is 1. The van der Waals surface area contributed by atoms with E-state index in [4.69, 9.17) is 5.26 Å². The Bertz CT molecular complexity index is 667. The average molecular weight is 396 g/mol. The van der Waals surface area contributed by atoms with Gasteiger partial charge in [-0.15, -0.1) is 0 Å². The molecule has 0 saturated heterocycles. The third-order valence-corrected chi connectivity index (χ3v) is 7.56. The molecule has 2 saturated carbocycles. The number of benzene rings is 1. The van der Waals surface area contributed by atoms with Gasteiger partial charge in [-0.3, -0.25) is 0 Å². The topological polar surface area (TPSA) is 23.8 Å². The molecule has 158 valence electrons. The van der Waals surface area contributed by atoms with Crippen molar-refractivity contribution in [2.75, 3.05) is 0 Å². The fraction of sp³-hybridized carbons (Fsp3) is 0.667. The lowest BCUT2D eigenvalue weighted by Crippen LogP contribution is -2.14. The minimum atomic E-state index is -0.596. The first-order chi connectivity index (χ1) is 14.2. The minimum absolute atomic E-state index is 0.291. The van der Waals surface area contributed by atoms with E-state index < -0.39 is 5.83 Å². The van der Waals surface area contributed by atoms with Crippen molar-refractivity contribution in [2.24, 2.45) is 17.8 Å². The van der Waals surface area contributed by atoms with Crippen molar-refractivity contribution < 1.29 is 4.39 Å². The Morgan fingerprint density at radius 3 is 2.00 bits per heavy atom. The summed E-state index contributed by atoms with van der Waals surface area (Å²) in [6, 6.07) is 11.0. The van der Waals surface area contributed by atoms with E-state index >= 15 is 0 Å². The van der Waals surface area contributed by atoms with Crippen molar-refractivity contribution in [1.29, 1.82) is 5.26 Å². The maximum Gasteiger partial charge on any atom is 0.196 e. The number of allylic oxidation sites excluding steroid dienone is 2. The second-order valence-electron chi connectivity index (χ2n) is 9.50. The predicted molar refractivity (Wildman–Crippen MR) is 119 cm³/mol. The Balaban J connectivity index is 1.27. The second-order valence-corrected chi connectivity index (χ2v) is 9.50. The number of halogens is 1. The molecule has 0 bridgehead atoms. The molecule has 1 aromatic carbocycles. The van der Waals surface area contributed by atoms with E-state index in [9.17, 15) is 4.39 Å². The molecule has 2 fully saturated rings. The van der Waals surface area contributed by atoms with E-state index in [0.717, 1.165) is 37.0 Å². The van der Waals surface area contributed by atoms with Crippen LogP contribution >= 0.6 is 0 Å². The van der Waals surface area contributed by atoms with Crippen molar-refractivity contribution in [3.63, 3.8) is 0 Å². The molecular weight excluding hydrogens is 357 g/mol. The van der Waals surface area contributed by atoms with Crippen LogP contribution in [-0.2, 0) is 6.42 Å². The van der Waals surface area contributed by atoms with E-state index in [0.29, 0.717) is 5.92 Å². The van der Waals surface area contributed by atoms with Crippen LogP contribution < -0.4 is 0 Å². The molecule has 0 aromatic heterocycles. The normalized spacial score (nSPS) is 28.1. The van der Waals surface area contributed by atoms with Crippen molar-refractivity contribution in [1.82, 2.24) is 0 Å². The van der Waals surface area contributed by atoms with Crippen LogP contribution in [0.25, 0.3) is 0 Å². The first kappa shape index (κ1) is 22.1. The van der Waals surface area contributed by atoms with Gasteiger partial charge in [0, 0.05) is 0 Å². The fourth-order valence-electron chi connectivity index (χ4n) is 5.56. The highest BCUT2D eigenvalue weighted by Crippen LogP contribution is 2.38.